The first kappa shape index (κ1) is 16.5. The number of nitrogens with zero attached hydrogens (tertiary/aromatic N) is 6. The minimum Gasteiger partial charge on any atom is -0.301 e. The second kappa shape index (κ2) is 7.10. The van der Waals surface area contributed by atoms with Gasteiger partial charge in [0.2, 0.25) is 11.0 Å². The summed E-state index contributed by atoms with van der Waals surface area (Å²) in [6.07, 6.45) is 3.55. The molecule has 1 aliphatic heterocycles. The van der Waals surface area contributed by atoms with Gasteiger partial charge in [-0.2, -0.15) is 0 Å². The normalized spacial score (nSPS) is 16.0. The molecule has 0 spiro atoms. The lowest BCUT2D eigenvalue weighted by Crippen LogP contribution is -2.09. The highest BCUT2D eigenvalue weighted by Crippen LogP contribution is 2.37. The minimum atomic E-state index is -0.139. The summed E-state index contributed by atoms with van der Waals surface area (Å²) in [7, 11) is 0. The number of pyridine rings is 1. The Morgan fingerprint density at radius 1 is 1.40 bits per heavy atom. The van der Waals surface area contributed by atoms with E-state index in [1.807, 2.05) is 12.1 Å². The van der Waals surface area contributed by atoms with Crippen molar-refractivity contribution >= 4 is 45.9 Å². The van der Waals surface area contributed by atoms with Gasteiger partial charge in [0, 0.05) is 42.4 Å². The van der Waals surface area contributed by atoms with Gasteiger partial charge in [-0.3, -0.25) is 9.78 Å². The van der Waals surface area contributed by atoms with Crippen LogP contribution in [0.2, 0.25) is 0 Å². The minimum absolute atomic E-state index is 0.139. The maximum atomic E-state index is 11.0. The molecule has 1 atom stereocenters. The van der Waals surface area contributed by atoms with E-state index in [1.165, 1.54) is 18.3 Å². The molecule has 1 amide bonds. The summed E-state index contributed by atoms with van der Waals surface area (Å²) < 4.78 is 2.98. The second-order valence-electron chi connectivity index (χ2n) is 5.26. The number of fused-ring (bicyclic) bond motifs is 1. The van der Waals surface area contributed by atoms with Crippen LogP contribution in [0.4, 0.5) is 5.13 Å². The van der Waals surface area contributed by atoms with Crippen molar-refractivity contribution in [2.75, 3.05) is 11.1 Å². The predicted molar refractivity (Wildman–Crippen MR) is 97.8 cm³/mol. The lowest BCUT2D eigenvalue weighted by molar-refractivity contribution is -0.114. The van der Waals surface area contributed by atoms with E-state index in [4.69, 9.17) is 0 Å². The fourth-order valence-corrected chi connectivity index (χ4v) is 5.47. The molecule has 0 saturated carbocycles. The van der Waals surface area contributed by atoms with Crippen molar-refractivity contribution in [3.8, 4) is 11.4 Å². The summed E-state index contributed by atoms with van der Waals surface area (Å²) in [4.78, 5) is 15.2. The quantitative estimate of drug-likeness (QED) is 0.523. The fraction of sp³-hybridized carbons (Fsp3) is 0.286. The molecule has 0 bridgehead atoms. The van der Waals surface area contributed by atoms with Crippen LogP contribution < -0.4 is 5.32 Å². The SMILES string of the molecule is CC(=O)Nc1nnc(SC[C@H]2Cn3c(nnc3-c3cccnc3)S2)s1. The van der Waals surface area contributed by atoms with Gasteiger partial charge in [0.05, 0.1) is 0 Å². The van der Waals surface area contributed by atoms with Crippen LogP contribution in [0.25, 0.3) is 11.4 Å². The molecule has 1 N–H and O–H groups in total. The number of carbonyl (C=O) groups excluding carboxylic acids is 1. The van der Waals surface area contributed by atoms with Gasteiger partial charge in [-0.15, -0.1) is 20.4 Å². The van der Waals surface area contributed by atoms with E-state index in [1.54, 1.807) is 35.9 Å². The summed E-state index contributed by atoms with van der Waals surface area (Å²) in [6.45, 7) is 2.31. The summed E-state index contributed by atoms with van der Waals surface area (Å²) in [5, 5.41) is 21.1. The Hall–Kier alpha value is -1.98. The van der Waals surface area contributed by atoms with E-state index in [-0.39, 0.29) is 5.91 Å². The largest absolute Gasteiger partial charge is 0.301 e. The molecule has 0 aromatic carbocycles. The zero-order chi connectivity index (χ0) is 17.2. The van der Waals surface area contributed by atoms with E-state index < -0.39 is 0 Å². The maximum absolute atomic E-state index is 11.0. The lowest BCUT2D eigenvalue weighted by atomic mass is 10.2. The Morgan fingerprint density at radius 2 is 2.32 bits per heavy atom. The lowest BCUT2D eigenvalue weighted by Gasteiger charge is -2.07. The molecule has 0 aliphatic carbocycles. The molecule has 4 rings (SSSR count). The molecule has 128 valence electrons. The fourth-order valence-electron chi connectivity index (χ4n) is 2.36. The average Bonchev–Trinajstić information content (AvgIpc) is 3.28. The number of aromatic nitrogens is 6. The van der Waals surface area contributed by atoms with E-state index in [2.05, 4.69) is 35.3 Å². The molecule has 0 fully saturated rings. The smallest absolute Gasteiger partial charge is 0.223 e. The standard InChI is InChI=1S/C14H13N7OS3/c1-8(22)16-12-18-20-14(25-12)23-7-10-6-21-11(17-19-13(21)24-10)9-3-2-4-15-5-9/h2-5,10H,6-7H2,1H3,(H,16,18,22)/t10-/m1/s1. The van der Waals surface area contributed by atoms with Crippen LogP contribution in [-0.2, 0) is 11.3 Å². The average molecular weight is 392 g/mol. The summed E-state index contributed by atoms with van der Waals surface area (Å²) in [6, 6.07) is 3.89. The molecule has 8 nitrogen and oxygen atoms in total. The first-order valence-electron chi connectivity index (χ1n) is 7.43. The topological polar surface area (TPSA) is 98.5 Å². The van der Waals surface area contributed by atoms with Crippen molar-refractivity contribution in [2.24, 2.45) is 0 Å². The first-order chi connectivity index (χ1) is 12.2. The molecule has 0 radical (unpaired) electrons. The van der Waals surface area contributed by atoms with Gasteiger partial charge in [0.25, 0.3) is 0 Å². The number of amides is 1. The molecule has 25 heavy (non-hydrogen) atoms. The van der Waals surface area contributed by atoms with Crippen LogP contribution in [-0.4, -0.2) is 46.9 Å². The van der Waals surface area contributed by atoms with Gasteiger partial charge in [-0.05, 0) is 12.1 Å². The predicted octanol–water partition coefficient (Wildman–Crippen LogP) is 2.42. The molecule has 3 aromatic rings. The Labute approximate surface area is 155 Å². The van der Waals surface area contributed by atoms with Crippen molar-refractivity contribution in [3.63, 3.8) is 0 Å². The summed E-state index contributed by atoms with van der Waals surface area (Å²) >= 11 is 4.75. The zero-order valence-electron chi connectivity index (χ0n) is 13.1. The number of nitrogens with one attached hydrogen (secondary N) is 1. The first-order valence-corrected chi connectivity index (χ1v) is 10.1. The van der Waals surface area contributed by atoms with Gasteiger partial charge in [-0.1, -0.05) is 34.9 Å². The van der Waals surface area contributed by atoms with Crippen LogP contribution in [0, 0.1) is 0 Å². The molecule has 1 aliphatic rings. The van der Waals surface area contributed by atoms with E-state index >= 15 is 0 Å². The highest BCUT2D eigenvalue weighted by atomic mass is 32.2. The van der Waals surface area contributed by atoms with Crippen LogP contribution in [0.3, 0.4) is 0 Å². The van der Waals surface area contributed by atoms with Crippen LogP contribution >= 0.6 is 34.9 Å². The van der Waals surface area contributed by atoms with Crippen molar-refractivity contribution in [2.45, 2.75) is 28.2 Å². The Morgan fingerprint density at radius 3 is 3.12 bits per heavy atom. The molecule has 0 saturated heterocycles. The van der Waals surface area contributed by atoms with Crippen LogP contribution in [0.1, 0.15) is 6.92 Å². The van der Waals surface area contributed by atoms with Crippen molar-refractivity contribution in [3.05, 3.63) is 24.5 Å². The van der Waals surface area contributed by atoms with Crippen molar-refractivity contribution < 1.29 is 4.79 Å². The number of rotatable bonds is 5. The van der Waals surface area contributed by atoms with E-state index in [9.17, 15) is 4.79 Å². The number of hydrogen-bond acceptors (Lipinski definition) is 9. The Kier molecular flexibility index (Phi) is 4.68. The van der Waals surface area contributed by atoms with Gasteiger partial charge >= 0.3 is 0 Å². The number of carbonyl (C=O) groups is 1. The molecular formula is C14H13N7OS3. The molecule has 3 aromatic heterocycles. The third-order valence-corrected chi connectivity index (χ3v) is 6.88. The highest BCUT2D eigenvalue weighted by Gasteiger charge is 2.28. The molecule has 0 unspecified atom stereocenters. The zero-order valence-corrected chi connectivity index (χ0v) is 15.6. The van der Waals surface area contributed by atoms with Crippen LogP contribution in [0.15, 0.2) is 34.0 Å². The summed E-state index contributed by atoms with van der Waals surface area (Å²) in [5.41, 5.74) is 0.972. The molecule has 11 heteroatoms. The maximum Gasteiger partial charge on any atom is 0.223 e. The Balaban J connectivity index is 1.39. The third kappa shape index (κ3) is 3.67. The Bertz CT molecular complexity index is 895. The van der Waals surface area contributed by atoms with Gasteiger partial charge in [0.1, 0.15) is 0 Å². The summed E-state index contributed by atoms with van der Waals surface area (Å²) in [5.74, 6) is 1.60. The van der Waals surface area contributed by atoms with Gasteiger partial charge in [0.15, 0.2) is 15.3 Å². The second-order valence-corrected chi connectivity index (χ2v) is 8.78. The molecular weight excluding hydrogens is 378 g/mol. The van der Waals surface area contributed by atoms with E-state index in [0.29, 0.717) is 10.4 Å². The number of anilines is 1. The monoisotopic (exact) mass is 391 g/mol. The van der Waals surface area contributed by atoms with Crippen molar-refractivity contribution in [1.29, 1.82) is 0 Å². The van der Waals surface area contributed by atoms with Crippen LogP contribution in [0.5, 0.6) is 0 Å². The molecule has 4 heterocycles. The van der Waals surface area contributed by atoms with Gasteiger partial charge in [-0.25, -0.2) is 0 Å². The van der Waals surface area contributed by atoms with Gasteiger partial charge < -0.3 is 9.88 Å². The van der Waals surface area contributed by atoms with E-state index in [0.717, 1.165) is 33.2 Å². The highest BCUT2D eigenvalue weighted by molar-refractivity contribution is 8.04. The number of hydrogen-bond donors (Lipinski definition) is 1. The van der Waals surface area contributed by atoms with Crippen molar-refractivity contribution in [1.82, 2.24) is 29.9 Å². The number of thioether (sulfide) groups is 2. The third-order valence-electron chi connectivity index (χ3n) is 3.38.